The summed E-state index contributed by atoms with van der Waals surface area (Å²) in [5.74, 6) is -1.62. The van der Waals surface area contributed by atoms with E-state index in [9.17, 15) is 9.59 Å². The van der Waals surface area contributed by atoms with Gasteiger partial charge in [0.05, 0.1) is 6.42 Å². The lowest BCUT2D eigenvalue weighted by atomic mass is 9.98. The van der Waals surface area contributed by atoms with Crippen LogP contribution in [-0.4, -0.2) is 17.0 Å². The highest BCUT2D eigenvalue weighted by atomic mass is 16.4. The standard InChI is InChI=1S/C15H21NO3/c1-4-5-12(9-14(17)18)15(19)16-13-8-10(2)6-7-11(13)3/h6-8,12H,4-5,9H2,1-3H3,(H,16,19)(H,17,18). The summed E-state index contributed by atoms with van der Waals surface area (Å²) in [4.78, 5) is 22.9. The minimum Gasteiger partial charge on any atom is -0.481 e. The molecule has 1 atom stereocenters. The molecule has 4 heteroatoms. The molecule has 0 aromatic heterocycles. The van der Waals surface area contributed by atoms with Crippen molar-refractivity contribution in [1.82, 2.24) is 0 Å². The Bertz CT molecular complexity index is 468. The highest BCUT2D eigenvalue weighted by molar-refractivity contribution is 5.95. The number of carboxylic acids is 1. The molecule has 0 aliphatic carbocycles. The molecule has 0 radical (unpaired) electrons. The number of amides is 1. The fourth-order valence-corrected chi connectivity index (χ4v) is 1.99. The van der Waals surface area contributed by atoms with Crippen LogP contribution < -0.4 is 5.32 Å². The molecule has 4 nitrogen and oxygen atoms in total. The number of nitrogens with one attached hydrogen (secondary N) is 1. The highest BCUT2D eigenvalue weighted by Gasteiger charge is 2.21. The molecule has 1 amide bonds. The number of aryl methyl sites for hydroxylation is 2. The van der Waals surface area contributed by atoms with Crippen LogP contribution in [0.25, 0.3) is 0 Å². The van der Waals surface area contributed by atoms with E-state index in [1.54, 1.807) is 0 Å². The minimum atomic E-state index is -0.936. The first-order chi connectivity index (χ1) is 8.93. The van der Waals surface area contributed by atoms with Crippen molar-refractivity contribution in [2.45, 2.75) is 40.0 Å². The molecule has 0 heterocycles. The van der Waals surface area contributed by atoms with Gasteiger partial charge in [-0.05, 0) is 37.5 Å². The third-order valence-electron chi connectivity index (χ3n) is 3.08. The number of aliphatic carboxylic acids is 1. The van der Waals surface area contributed by atoms with Gasteiger partial charge in [0.15, 0.2) is 0 Å². The largest absolute Gasteiger partial charge is 0.481 e. The Labute approximate surface area is 113 Å². The normalized spacial score (nSPS) is 11.9. The van der Waals surface area contributed by atoms with Crippen molar-refractivity contribution in [3.8, 4) is 0 Å². The monoisotopic (exact) mass is 263 g/mol. The molecule has 0 saturated carbocycles. The van der Waals surface area contributed by atoms with E-state index >= 15 is 0 Å². The molecule has 0 spiro atoms. The second-order valence-corrected chi connectivity index (χ2v) is 4.89. The topological polar surface area (TPSA) is 66.4 Å². The number of carbonyl (C=O) groups is 2. The van der Waals surface area contributed by atoms with Crippen LogP contribution in [0.5, 0.6) is 0 Å². The smallest absolute Gasteiger partial charge is 0.304 e. The van der Waals surface area contributed by atoms with E-state index in [4.69, 9.17) is 5.11 Å². The molecule has 0 aliphatic rings. The summed E-state index contributed by atoms with van der Waals surface area (Å²) in [6.07, 6.45) is 1.26. The van der Waals surface area contributed by atoms with E-state index in [0.717, 1.165) is 23.2 Å². The van der Waals surface area contributed by atoms with Gasteiger partial charge in [0.2, 0.25) is 5.91 Å². The summed E-state index contributed by atoms with van der Waals surface area (Å²) in [7, 11) is 0. The summed E-state index contributed by atoms with van der Waals surface area (Å²) in [6, 6.07) is 5.82. The maximum absolute atomic E-state index is 12.1. The fraction of sp³-hybridized carbons (Fsp3) is 0.467. The third kappa shape index (κ3) is 4.73. The van der Waals surface area contributed by atoms with E-state index in [2.05, 4.69) is 5.32 Å². The van der Waals surface area contributed by atoms with Crippen molar-refractivity contribution in [2.24, 2.45) is 5.92 Å². The summed E-state index contributed by atoms with van der Waals surface area (Å²) in [6.45, 7) is 5.82. The Hall–Kier alpha value is -1.84. The first kappa shape index (κ1) is 15.2. The zero-order valence-corrected chi connectivity index (χ0v) is 11.7. The van der Waals surface area contributed by atoms with Crippen LogP contribution in [0.1, 0.15) is 37.3 Å². The third-order valence-corrected chi connectivity index (χ3v) is 3.08. The van der Waals surface area contributed by atoms with E-state index in [0.29, 0.717) is 6.42 Å². The Kier molecular flexibility index (Phi) is 5.55. The van der Waals surface area contributed by atoms with Gasteiger partial charge in [-0.15, -0.1) is 0 Å². The number of hydrogen-bond donors (Lipinski definition) is 2. The van der Waals surface area contributed by atoms with Gasteiger partial charge in [-0.3, -0.25) is 9.59 Å². The van der Waals surface area contributed by atoms with Gasteiger partial charge < -0.3 is 10.4 Å². The maximum Gasteiger partial charge on any atom is 0.304 e. The van der Waals surface area contributed by atoms with Crippen LogP contribution in [0.3, 0.4) is 0 Å². The second-order valence-electron chi connectivity index (χ2n) is 4.89. The Morgan fingerprint density at radius 3 is 2.58 bits per heavy atom. The summed E-state index contributed by atoms with van der Waals surface area (Å²) in [5, 5.41) is 11.7. The average Bonchev–Trinajstić information content (AvgIpc) is 2.32. The van der Waals surface area contributed by atoms with Crippen molar-refractivity contribution in [3.05, 3.63) is 29.3 Å². The summed E-state index contributed by atoms with van der Waals surface area (Å²) < 4.78 is 0. The predicted octanol–water partition coefficient (Wildman–Crippen LogP) is 3.13. The molecule has 19 heavy (non-hydrogen) atoms. The van der Waals surface area contributed by atoms with Crippen LogP contribution in [0.4, 0.5) is 5.69 Å². The van der Waals surface area contributed by atoms with Crippen LogP contribution >= 0.6 is 0 Å². The van der Waals surface area contributed by atoms with E-state index in [1.165, 1.54) is 0 Å². The quantitative estimate of drug-likeness (QED) is 0.828. The molecule has 1 aromatic carbocycles. The van der Waals surface area contributed by atoms with Gasteiger partial charge in [-0.25, -0.2) is 0 Å². The Morgan fingerprint density at radius 2 is 2.00 bits per heavy atom. The number of hydrogen-bond acceptors (Lipinski definition) is 2. The fourth-order valence-electron chi connectivity index (χ4n) is 1.99. The lowest BCUT2D eigenvalue weighted by Gasteiger charge is -2.15. The zero-order chi connectivity index (χ0) is 14.4. The van der Waals surface area contributed by atoms with Crippen molar-refractivity contribution in [3.63, 3.8) is 0 Å². The van der Waals surface area contributed by atoms with Gasteiger partial charge in [0.1, 0.15) is 0 Å². The maximum atomic E-state index is 12.1. The van der Waals surface area contributed by atoms with Gasteiger partial charge in [-0.1, -0.05) is 25.5 Å². The molecule has 0 saturated heterocycles. The molecular weight excluding hydrogens is 242 g/mol. The first-order valence-corrected chi connectivity index (χ1v) is 6.54. The average molecular weight is 263 g/mol. The second kappa shape index (κ2) is 6.92. The highest BCUT2D eigenvalue weighted by Crippen LogP contribution is 2.19. The Morgan fingerprint density at radius 1 is 1.32 bits per heavy atom. The van der Waals surface area contributed by atoms with Gasteiger partial charge >= 0.3 is 5.97 Å². The molecule has 2 N–H and O–H groups in total. The van der Waals surface area contributed by atoms with E-state index < -0.39 is 11.9 Å². The van der Waals surface area contributed by atoms with Crippen LogP contribution in [-0.2, 0) is 9.59 Å². The van der Waals surface area contributed by atoms with Gasteiger partial charge in [0, 0.05) is 11.6 Å². The van der Waals surface area contributed by atoms with Crippen molar-refractivity contribution >= 4 is 17.6 Å². The lowest BCUT2D eigenvalue weighted by molar-refractivity contribution is -0.140. The van der Waals surface area contributed by atoms with Crippen LogP contribution in [0.2, 0.25) is 0 Å². The molecule has 0 aliphatic heterocycles. The molecular formula is C15H21NO3. The van der Waals surface area contributed by atoms with Crippen LogP contribution in [0.15, 0.2) is 18.2 Å². The summed E-state index contributed by atoms with van der Waals surface area (Å²) >= 11 is 0. The van der Waals surface area contributed by atoms with Crippen molar-refractivity contribution in [1.29, 1.82) is 0 Å². The number of anilines is 1. The zero-order valence-electron chi connectivity index (χ0n) is 11.7. The van der Waals surface area contributed by atoms with Gasteiger partial charge in [-0.2, -0.15) is 0 Å². The van der Waals surface area contributed by atoms with Crippen molar-refractivity contribution in [2.75, 3.05) is 5.32 Å². The van der Waals surface area contributed by atoms with E-state index in [-0.39, 0.29) is 12.3 Å². The molecule has 1 aromatic rings. The van der Waals surface area contributed by atoms with Gasteiger partial charge in [0.25, 0.3) is 0 Å². The number of carboxylic acid groups (broad SMARTS) is 1. The first-order valence-electron chi connectivity index (χ1n) is 6.54. The lowest BCUT2D eigenvalue weighted by Crippen LogP contribution is -2.25. The molecule has 104 valence electrons. The molecule has 0 fully saturated rings. The Balaban J connectivity index is 2.80. The van der Waals surface area contributed by atoms with E-state index in [1.807, 2.05) is 39.0 Å². The number of rotatable bonds is 6. The molecule has 1 rings (SSSR count). The van der Waals surface area contributed by atoms with Crippen molar-refractivity contribution < 1.29 is 14.7 Å². The predicted molar refractivity (Wildman–Crippen MR) is 75.2 cm³/mol. The summed E-state index contributed by atoms with van der Waals surface area (Å²) in [5.41, 5.74) is 2.80. The number of carbonyl (C=O) groups excluding carboxylic acids is 1. The van der Waals surface area contributed by atoms with Crippen LogP contribution in [0, 0.1) is 19.8 Å². The number of benzene rings is 1. The molecule has 1 unspecified atom stereocenters. The minimum absolute atomic E-state index is 0.120. The SMILES string of the molecule is CCCC(CC(=O)O)C(=O)Nc1cc(C)ccc1C. The molecule has 0 bridgehead atoms.